The van der Waals surface area contributed by atoms with Gasteiger partial charge in [0.1, 0.15) is 12.6 Å². The van der Waals surface area contributed by atoms with Crippen molar-refractivity contribution in [2.24, 2.45) is 5.41 Å². The average molecular weight is 401 g/mol. The number of amides is 1. The first kappa shape index (κ1) is 19.4. The minimum atomic E-state index is -2.57. The number of carbonyl (C=O) groups is 2. The Morgan fingerprint density at radius 3 is 2.28 bits per heavy atom. The van der Waals surface area contributed by atoms with Crippen molar-refractivity contribution in [1.29, 1.82) is 0 Å². The topological polar surface area (TPSA) is 75.6 Å². The lowest BCUT2D eigenvalue weighted by molar-refractivity contribution is -0.183. The van der Waals surface area contributed by atoms with Crippen molar-refractivity contribution < 1.29 is 28.2 Å². The standard InChI is InChI=1S/C22H21F2NO4/c23-18(24)15-8-4-5-9-16(15)21-11-22(12-21,13-21)17(19(26)27)25-20(28)29-10-14-6-2-1-3-7-14/h1-9,17-18H,10-13H2,(H,25,28)(H,26,27). The Labute approximate surface area is 166 Å². The minimum Gasteiger partial charge on any atom is -0.480 e. The van der Waals surface area contributed by atoms with Gasteiger partial charge in [0.25, 0.3) is 6.43 Å². The van der Waals surface area contributed by atoms with Crippen molar-refractivity contribution in [2.45, 2.75) is 43.8 Å². The van der Waals surface area contributed by atoms with Gasteiger partial charge in [-0.1, -0.05) is 54.6 Å². The highest BCUT2D eigenvalue weighted by molar-refractivity contribution is 5.82. The maximum absolute atomic E-state index is 13.3. The number of benzene rings is 2. The second-order valence-corrected chi connectivity index (χ2v) is 8.04. The van der Waals surface area contributed by atoms with E-state index in [9.17, 15) is 23.5 Å². The summed E-state index contributed by atoms with van der Waals surface area (Å²) in [5.74, 6) is -1.14. The zero-order valence-electron chi connectivity index (χ0n) is 15.6. The van der Waals surface area contributed by atoms with Crippen LogP contribution in [0, 0.1) is 5.41 Å². The number of alkyl halides is 2. The first-order valence-electron chi connectivity index (χ1n) is 9.43. The predicted molar refractivity (Wildman–Crippen MR) is 101 cm³/mol. The first-order chi connectivity index (χ1) is 13.9. The van der Waals surface area contributed by atoms with Crippen molar-refractivity contribution in [1.82, 2.24) is 5.32 Å². The van der Waals surface area contributed by atoms with Crippen LogP contribution in [0.1, 0.15) is 42.4 Å². The number of rotatable bonds is 7. The van der Waals surface area contributed by atoms with Crippen LogP contribution in [0.2, 0.25) is 0 Å². The number of hydrogen-bond acceptors (Lipinski definition) is 3. The summed E-state index contributed by atoms with van der Waals surface area (Å²) in [6.07, 6.45) is -2.00. The zero-order valence-corrected chi connectivity index (χ0v) is 15.6. The molecule has 2 N–H and O–H groups in total. The van der Waals surface area contributed by atoms with Gasteiger partial charge in [0.05, 0.1) is 0 Å². The molecule has 2 bridgehead atoms. The Kier molecular flexibility index (Phi) is 4.76. The molecule has 3 aliphatic rings. The summed E-state index contributed by atoms with van der Waals surface area (Å²) >= 11 is 0. The second-order valence-electron chi connectivity index (χ2n) is 8.04. The van der Waals surface area contributed by atoms with E-state index in [2.05, 4.69) is 5.32 Å². The fourth-order valence-electron chi connectivity index (χ4n) is 4.99. The fourth-order valence-corrected chi connectivity index (χ4v) is 4.99. The van der Waals surface area contributed by atoms with Crippen molar-refractivity contribution >= 4 is 12.1 Å². The molecular weight excluding hydrogens is 380 g/mol. The first-order valence-corrected chi connectivity index (χ1v) is 9.43. The average Bonchev–Trinajstić information content (AvgIpc) is 2.64. The summed E-state index contributed by atoms with van der Waals surface area (Å²) in [6, 6.07) is 14.4. The molecule has 2 aromatic rings. The van der Waals surface area contributed by atoms with E-state index in [1.165, 1.54) is 6.07 Å². The monoisotopic (exact) mass is 401 g/mol. The van der Waals surface area contributed by atoms with Gasteiger partial charge in [-0.15, -0.1) is 0 Å². The third-order valence-electron chi connectivity index (χ3n) is 6.17. The summed E-state index contributed by atoms with van der Waals surface area (Å²) in [5, 5.41) is 12.1. The number of hydrogen-bond donors (Lipinski definition) is 2. The number of alkyl carbamates (subject to hydrolysis) is 1. The molecule has 0 radical (unpaired) electrons. The summed E-state index contributed by atoms with van der Waals surface area (Å²) in [4.78, 5) is 23.9. The van der Waals surface area contributed by atoms with E-state index in [1.807, 2.05) is 18.2 Å². The molecule has 1 atom stereocenters. The SMILES string of the molecule is O=C(NC(C(=O)O)C12CC(c3ccccc3C(F)F)(C1)C2)OCc1ccccc1. The highest BCUT2D eigenvalue weighted by Crippen LogP contribution is 2.75. The van der Waals surface area contributed by atoms with Gasteiger partial charge in [0.2, 0.25) is 0 Å². The van der Waals surface area contributed by atoms with Crippen molar-refractivity contribution in [3.8, 4) is 0 Å². The molecule has 3 fully saturated rings. The maximum atomic E-state index is 13.3. The number of nitrogens with one attached hydrogen (secondary N) is 1. The summed E-state index contributed by atoms with van der Waals surface area (Å²) in [7, 11) is 0. The van der Waals surface area contributed by atoms with E-state index >= 15 is 0 Å². The molecule has 152 valence electrons. The van der Waals surface area contributed by atoms with Gasteiger partial charge in [-0.05, 0) is 35.8 Å². The van der Waals surface area contributed by atoms with Gasteiger partial charge >= 0.3 is 12.1 Å². The third-order valence-corrected chi connectivity index (χ3v) is 6.17. The molecular formula is C22H21F2NO4. The number of carbonyl (C=O) groups excluding carboxylic acids is 1. The number of carboxylic acid groups (broad SMARTS) is 1. The molecule has 0 saturated heterocycles. The molecule has 0 aliphatic heterocycles. The predicted octanol–water partition coefficient (Wildman–Crippen LogP) is 4.43. The Bertz CT molecular complexity index is 912. The largest absolute Gasteiger partial charge is 0.480 e. The molecule has 0 spiro atoms. The Morgan fingerprint density at radius 2 is 1.66 bits per heavy atom. The molecule has 1 amide bonds. The molecule has 7 heteroatoms. The van der Waals surface area contributed by atoms with Crippen LogP contribution in [0.15, 0.2) is 54.6 Å². The molecule has 0 heterocycles. The lowest BCUT2D eigenvalue weighted by atomic mass is 9.31. The van der Waals surface area contributed by atoms with Crippen LogP contribution in [0.4, 0.5) is 13.6 Å². The van der Waals surface area contributed by atoms with Crippen LogP contribution in [0.25, 0.3) is 0 Å². The molecule has 29 heavy (non-hydrogen) atoms. The lowest BCUT2D eigenvalue weighted by Crippen LogP contribution is -2.73. The van der Waals surface area contributed by atoms with Gasteiger partial charge in [-0.25, -0.2) is 18.4 Å². The summed E-state index contributed by atoms with van der Waals surface area (Å²) in [6.45, 7) is 0.0394. The van der Waals surface area contributed by atoms with Gasteiger partial charge in [0.15, 0.2) is 0 Å². The fraction of sp³-hybridized carbons (Fsp3) is 0.364. The Hall–Kier alpha value is -2.96. The quantitative estimate of drug-likeness (QED) is 0.720. The second kappa shape index (κ2) is 7.13. The highest BCUT2D eigenvalue weighted by Gasteiger charge is 2.73. The third kappa shape index (κ3) is 3.34. The Balaban J connectivity index is 1.41. The molecule has 5 nitrogen and oxygen atoms in total. The minimum absolute atomic E-state index is 0.00269. The number of aliphatic carboxylic acids is 1. The maximum Gasteiger partial charge on any atom is 0.408 e. The molecule has 3 saturated carbocycles. The normalized spacial score (nSPS) is 25.5. The van der Waals surface area contributed by atoms with Crippen LogP contribution < -0.4 is 5.32 Å². The van der Waals surface area contributed by atoms with E-state index in [-0.39, 0.29) is 12.2 Å². The number of carboxylic acids is 1. The van der Waals surface area contributed by atoms with E-state index in [0.29, 0.717) is 24.8 Å². The zero-order chi connectivity index (χ0) is 20.6. The van der Waals surface area contributed by atoms with Crippen molar-refractivity contribution in [2.75, 3.05) is 0 Å². The molecule has 0 aromatic heterocycles. The van der Waals surface area contributed by atoms with Crippen LogP contribution in [-0.4, -0.2) is 23.2 Å². The van der Waals surface area contributed by atoms with E-state index in [4.69, 9.17) is 4.74 Å². The van der Waals surface area contributed by atoms with Gasteiger partial charge < -0.3 is 15.2 Å². The van der Waals surface area contributed by atoms with E-state index < -0.39 is 35.4 Å². The molecule has 5 rings (SSSR count). The van der Waals surface area contributed by atoms with Gasteiger partial charge in [-0.3, -0.25) is 0 Å². The van der Waals surface area contributed by atoms with Crippen LogP contribution in [-0.2, 0) is 21.6 Å². The van der Waals surface area contributed by atoms with Crippen molar-refractivity contribution in [3.05, 3.63) is 71.3 Å². The summed E-state index contributed by atoms with van der Waals surface area (Å²) < 4.78 is 31.8. The lowest BCUT2D eigenvalue weighted by Gasteiger charge is -2.72. The smallest absolute Gasteiger partial charge is 0.408 e. The number of halogens is 2. The van der Waals surface area contributed by atoms with Crippen molar-refractivity contribution in [3.63, 3.8) is 0 Å². The molecule has 2 aromatic carbocycles. The van der Waals surface area contributed by atoms with Gasteiger partial charge in [-0.2, -0.15) is 0 Å². The van der Waals surface area contributed by atoms with E-state index in [0.717, 1.165) is 5.56 Å². The molecule has 3 aliphatic carbocycles. The van der Waals surface area contributed by atoms with Crippen LogP contribution in [0.5, 0.6) is 0 Å². The van der Waals surface area contributed by atoms with Gasteiger partial charge in [0, 0.05) is 11.0 Å². The summed E-state index contributed by atoms with van der Waals surface area (Å²) in [5.41, 5.74) is 0.349. The molecule has 1 unspecified atom stereocenters. The van der Waals surface area contributed by atoms with Crippen LogP contribution >= 0.6 is 0 Å². The highest BCUT2D eigenvalue weighted by atomic mass is 19.3. The van der Waals surface area contributed by atoms with Crippen LogP contribution in [0.3, 0.4) is 0 Å². The Morgan fingerprint density at radius 1 is 1.03 bits per heavy atom. The number of ether oxygens (including phenoxy) is 1. The van der Waals surface area contributed by atoms with E-state index in [1.54, 1.807) is 30.3 Å².